The van der Waals surface area contributed by atoms with Crippen LogP contribution in [0.2, 0.25) is 5.02 Å². The molecule has 10 heteroatoms. The first kappa shape index (κ1) is 21.4. The summed E-state index contributed by atoms with van der Waals surface area (Å²) >= 11 is 6.27. The van der Waals surface area contributed by atoms with Gasteiger partial charge in [-0.15, -0.1) is 0 Å². The van der Waals surface area contributed by atoms with Gasteiger partial charge in [-0.2, -0.15) is 18.3 Å². The number of nitro groups is 1. The lowest BCUT2D eigenvalue weighted by molar-refractivity contribution is -0.385. The molecular weight excluding hydrogens is 421 g/mol. The number of aryl methyl sites for hydroxylation is 1. The lowest BCUT2D eigenvalue weighted by Gasteiger charge is -2.12. The van der Waals surface area contributed by atoms with Crippen LogP contribution in [0.5, 0.6) is 0 Å². The smallest absolute Gasteiger partial charge is 0.316 e. The number of nitro benzene ring substituents is 1. The summed E-state index contributed by atoms with van der Waals surface area (Å²) < 4.78 is 41.7. The topological polar surface area (TPSA) is 72.5 Å². The number of benzene rings is 2. The molecule has 0 saturated carbocycles. The van der Waals surface area contributed by atoms with Crippen molar-refractivity contribution >= 4 is 29.2 Å². The molecule has 0 atom stereocenters. The number of non-ortho nitro benzene ring substituents is 1. The number of halogens is 4. The van der Waals surface area contributed by atoms with Gasteiger partial charge in [-0.1, -0.05) is 23.7 Å². The van der Waals surface area contributed by atoms with Gasteiger partial charge in [0, 0.05) is 29.1 Å². The van der Waals surface area contributed by atoms with E-state index in [1.165, 1.54) is 6.21 Å². The van der Waals surface area contributed by atoms with Crippen LogP contribution in [0, 0.1) is 24.0 Å². The quantitative estimate of drug-likeness (QED) is 0.297. The highest BCUT2D eigenvalue weighted by molar-refractivity contribution is 6.32. The summed E-state index contributed by atoms with van der Waals surface area (Å²) in [5, 5.41) is 15.2. The molecule has 156 valence electrons. The van der Waals surface area contributed by atoms with E-state index >= 15 is 0 Å². The number of anilines is 1. The second kappa shape index (κ2) is 8.19. The second-order valence-electron chi connectivity index (χ2n) is 6.47. The van der Waals surface area contributed by atoms with Crippen LogP contribution in [-0.4, -0.2) is 15.7 Å². The molecule has 0 fully saturated rings. The van der Waals surface area contributed by atoms with Crippen LogP contribution in [-0.2, 0) is 6.18 Å². The van der Waals surface area contributed by atoms with Crippen LogP contribution in [0.3, 0.4) is 0 Å². The van der Waals surface area contributed by atoms with Gasteiger partial charge in [0.25, 0.3) is 5.69 Å². The number of hydrogen-bond acceptors (Lipinski definition) is 4. The molecule has 0 unspecified atom stereocenters. The zero-order valence-corrected chi connectivity index (χ0v) is 16.6. The van der Waals surface area contributed by atoms with Crippen molar-refractivity contribution in [2.45, 2.75) is 20.0 Å². The molecule has 0 aliphatic heterocycles. The fraction of sp³-hybridized carbons (Fsp3) is 0.150. The summed E-state index contributed by atoms with van der Waals surface area (Å²) in [5.41, 5.74) is 3.24. The van der Waals surface area contributed by atoms with E-state index in [9.17, 15) is 23.3 Å². The maximum atomic E-state index is 13.3. The molecule has 0 spiro atoms. The predicted molar refractivity (Wildman–Crippen MR) is 110 cm³/mol. The van der Waals surface area contributed by atoms with E-state index in [-0.39, 0.29) is 5.69 Å². The van der Waals surface area contributed by atoms with Gasteiger partial charge in [-0.25, -0.2) is 0 Å². The first-order valence-corrected chi connectivity index (χ1v) is 9.06. The number of hydrazone groups is 1. The molecule has 0 saturated heterocycles. The Bertz CT molecular complexity index is 1140. The summed E-state index contributed by atoms with van der Waals surface area (Å²) in [6.07, 6.45) is -3.39. The number of nitrogens with zero attached hydrogens (tertiary/aromatic N) is 3. The standard InChI is InChI=1S/C20H16ClF3N4O2/c1-12-9-14(13(2)27(12)19-6-4-3-5-17(19)21)11-25-26-18-8-7-15(28(29)30)10-16(18)20(22,23)24/h3-11,26H,1-2H3/b25-11-. The van der Waals surface area contributed by atoms with Crippen LogP contribution in [0.25, 0.3) is 5.69 Å². The zero-order valence-electron chi connectivity index (χ0n) is 15.9. The van der Waals surface area contributed by atoms with Crippen molar-refractivity contribution in [1.82, 2.24) is 4.57 Å². The predicted octanol–water partition coefficient (Wildman–Crippen LogP) is 6.12. The van der Waals surface area contributed by atoms with Gasteiger partial charge in [0.1, 0.15) is 0 Å². The Hall–Kier alpha value is -3.33. The highest BCUT2D eigenvalue weighted by Gasteiger charge is 2.35. The second-order valence-corrected chi connectivity index (χ2v) is 6.88. The minimum atomic E-state index is -4.77. The van der Waals surface area contributed by atoms with Crippen molar-refractivity contribution in [2.75, 3.05) is 5.43 Å². The van der Waals surface area contributed by atoms with Gasteiger partial charge in [0.05, 0.1) is 33.1 Å². The van der Waals surface area contributed by atoms with E-state index in [1.54, 1.807) is 6.07 Å². The van der Waals surface area contributed by atoms with Crippen molar-refractivity contribution in [2.24, 2.45) is 5.10 Å². The molecule has 1 N–H and O–H groups in total. The van der Waals surface area contributed by atoms with E-state index in [0.717, 1.165) is 29.2 Å². The fourth-order valence-corrected chi connectivity index (χ4v) is 3.29. The summed E-state index contributed by atoms with van der Waals surface area (Å²) in [6, 6.07) is 11.5. The molecular formula is C20H16ClF3N4O2. The Labute approximate surface area is 174 Å². The molecule has 0 radical (unpaired) electrons. The highest BCUT2D eigenvalue weighted by atomic mass is 35.5. The SMILES string of the molecule is Cc1cc(/C=N\Nc2ccc([N+](=O)[O-])cc2C(F)(F)F)c(C)n1-c1ccccc1Cl. The first-order valence-electron chi connectivity index (χ1n) is 8.68. The van der Waals surface area contributed by atoms with Gasteiger partial charge in [0.2, 0.25) is 0 Å². The maximum absolute atomic E-state index is 13.3. The first-order chi connectivity index (χ1) is 14.1. The Kier molecular flexibility index (Phi) is 5.84. The summed E-state index contributed by atoms with van der Waals surface area (Å²) in [5.74, 6) is 0. The minimum absolute atomic E-state index is 0.385. The van der Waals surface area contributed by atoms with Gasteiger partial charge < -0.3 is 4.57 Å². The molecule has 0 aliphatic rings. The van der Waals surface area contributed by atoms with Crippen LogP contribution in [0.4, 0.5) is 24.5 Å². The van der Waals surface area contributed by atoms with Crippen molar-refractivity contribution in [3.63, 3.8) is 0 Å². The van der Waals surface area contributed by atoms with Gasteiger partial charge in [-0.3, -0.25) is 15.5 Å². The Morgan fingerprint density at radius 3 is 2.50 bits per heavy atom. The molecule has 2 aromatic carbocycles. The average molecular weight is 437 g/mol. The van der Waals surface area contributed by atoms with Gasteiger partial charge in [0.15, 0.2) is 0 Å². The monoisotopic (exact) mass is 436 g/mol. The molecule has 3 aromatic rings. The number of alkyl halides is 3. The Morgan fingerprint density at radius 2 is 1.87 bits per heavy atom. The summed E-state index contributed by atoms with van der Waals surface area (Å²) in [4.78, 5) is 9.90. The molecule has 3 rings (SSSR count). The summed E-state index contributed by atoms with van der Waals surface area (Å²) in [6.45, 7) is 3.71. The third-order valence-electron chi connectivity index (χ3n) is 4.47. The molecule has 1 heterocycles. The molecule has 30 heavy (non-hydrogen) atoms. The van der Waals surface area contributed by atoms with E-state index in [2.05, 4.69) is 10.5 Å². The van der Waals surface area contributed by atoms with E-state index in [4.69, 9.17) is 11.6 Å². The third-order valence-corrected chi connectivity index (χ3v) is 4.79. The molecule has 6 nitrogen and oxygen atoms in total. The summed E-state index contributed by atoms with van der Waals surface area (Å²) in [7, 11) is 0. The number of rotatable bonds is 5. The highest BCUT2D eigenvalue weighted by Crippen LogP contribution is 2.37. The van der Waals surface area contributed by atoms with Crippen molar-refractivity contribution < 1.29 is 18.1 Å². The van der Waals surface area contributed by atoms with Crippen molar-refractivity contribution in [3.05, 3.63) is 86.2 Å². The Balaban J connectivity index is 1.91. The molecule has 0 amide bonds. The minimum Gasteiger partial charge on any atom is -0.316 e. The van der Waals surface area contributed by atoms with Crippen LogP contribution >= 0.6 is 11.6 Å². The van der Waals surface area contributed by atoms with E-state index in [0.29, 0.717) is 16.7 Å². The fourth-order valence-electron chi connectivity index (χ4n) is 3.07. The van der Waals surface area contributed by atoms with Crippen LogP contribution in [0.15, 0.2) is 53.6 Å². The van der Waals surface area contributed by atoms with E-state index < -0.39 is 22.4 Å². The average Bonchev–Trinajstić information content (AvgIpc) is 2.95. The van der Waals surface area contributed by atoms with Crippen LogP contribution in [0.1, 0.15) is 22.5 Å². The largest absolute Gasteiger partial charge is 0.418 e. The van der Waals surface area contributed by atoms with Crippen molar-refractivity contribution in [1.29, 1.82) is 0 Å². The third kappa shape index (κ3) is 4.30. The lowest BCUT2D eigenvalue weighted by Crippen LogP contribution is -2.09. The molecule has 1 aromatic heterocycles. The lowest BCUT2D eigenvalue weighted by atomic mass is 10.1. The number of hydrogen-bond donors (Lipinski definition) is 1. The number of nitrogens with one attached hydrogen (secondary N) is 1. The zero-order chi connectivity index (χ0) is 22.1. The normalized spacial score (nSPS) is 11.8. The van der Waals surface area contributed by atoms with Crippen LogP contribution < -0.4 is 5.43 Å². The molecule has 0 bridgehead atoms. The maximum Gasteiger partial charge on any atom is 0.418 e. The van der Waals surface area contributed by atoms with Gasteiger partial charge >= 0.3 is 6.18 Å². The molecule has 0 aliphatic carbocycles. The number of para-hydroxylation sites is 1. The van der Waals surface area contributed by atoms with Crippen molar-refractivity contribution in [3.8, 4) is 5.69 Å². The Morgan fingerprint density at radius 1 is 1.17 bits per heavy atom. The van der Waals surface area contributed by atoms with E-state index in [1.807, 2.05) is 42.7 Å². The van der Waals surface area contributed by atoms with Gasteiger partial charge in [-0.05, 0) is 38.1 Å². The number of aromatic nitrogens is 1.